The van der Waals surface area contributed by atoms with Crippen molar-refractivity contribution < 1.29 is 19.1 Å². The van der Waals surface area contributed by atoms with Crippen molar-refractivity contribution in [2.75, 3.05) is 14.2 Å². The minimum Gasteiger partial charge on any atom is -0.497 e. The van der Waals surface area contributed by atoms with Gasteiger partial charge in [-0.25, -0.2) is 0 Å². The van der Waals surface area contributed by atoms with Gasteiger partial charge in [-0.2, -0.15) is 0 Å². The van der Waals surface area contributed by atoms with Gasteiger partial charge in [-0.3, -0.25) is 9.59 Å². The van der Waals surface area contributed by atoms with Gasteiger partial charge in [-0.15, -0.1) is 0 Å². The molecule has 3 aromatic rings. The van der Waals surface area contributed by atoms with Crippen LogP contribution in [0, 0.1) is 0 Å². The third kappa shape index (κ3) is 4.23. The minimum atomic E-state index is -0.115. The summed E-state index contributed by atoms with van der Waals surface area (Å²) >= 11 is 0. The third-order valence-electron chi connectivity index (χ3n) is 4.38. The summed E-state index contributed by atoms with van der Waals surface area (Å²) in [6, 6.07) is 21.1. The Morgan fingerprint density at radius 3 is 1.78 bits per heavy atom. The van der Waals surface area contributed by atoms with Gasteiger partial charge in [0.05, 0.1) is 14.2 Å². The van der Waals surface area contributed by atoms with E-state index in [1.165, 1.54) is 0 Å². The number of ketones is 2. The van der Waals surface area contributed by atoms with Crippen LogP contribution in [-0.4, -0.2) is 25.8 Å². The van der Waals surface area contributed by atoms with Crippen LogP contribution in [0.4, 0.5) is 0 Å². The van der Waals surface area contributed by atoms with E-state index in [0.717, 1.165) is 0 Å². The van der Waals surface area contributed by atoms with Gasteiger partial charge in [0.25, 0.3) is 0 Å². The van der Waals surface area contributed by atoms with E-state index in [2.05, 4.69) is 0 Å². The van der Waals surface area contributed by atoms with E-state index in [9.17, 15) is 9.59 Å². The Balaban J connectivity index is 1.84. The average Bonchev–Trinajstić information content (AvgIpc) is 2.73. The van der Waals surface area contributed by atoms with Crippen molar-refractivity contribution in [2.45, 2.75) is 6.42 Å². The quantitative estimate of drug-likeness (QED) is 0.588. The number of carbonyl (C=O) groups is 2. The van der Waals surface area contributed by atoms with Crippen molar-refractivity contribution in [1.82, 2.24) is 0 Å². The zero-order chi connectivity index (χ0) is 19.2. The first-order chi connectivity index (χ1) is 13.1. The largest absolute Gasteiger partial charge is 0.497 e. The molecule has 0 atom stereocenters. The van der Waals surface area contributed by atoms with Crippen LogP contribution >= 0.6 is 0 Å². The summed E-state index contributed by atoms with van der Waals surface area (Å²) in [7, 11) is 3.16. The van der Waals surface area contributed by atoms with E-state index in [4.69, 9.17) is 9.47 Å². The maximum atomic E-state index is 12.9. The van der Waals surface area contributed by atoms with Gasteiger partial charge in [0.2, 0.25) is 0 Å². The Labute approximate surface area is 158 Å². The molecule has 3 aromatic carbocycles. The summed E-state index contributed by atoms with van der Waals surface area (Å²) < 4.78 is 10.2. The Bertz CT molecular complexity index is 941. The van der Waals surface area contributed by atoms with Crippen molar-refractivity contribution in [3.05, 3.63) is 95.1 Å². The highest BCUT2D eigenvalue weighted by molar-refractivity contribution is 6.11. The molecule has 4 nitrogen and oxygen atoms in total. The number of hydrogen-bond acceptors (Lipinski definition) is 4. The summed E-state index contributed by atoms with van der Waals surface area (Å²) in [5, 5.41) is 0. The normalized spacial score (nSPS) is 10.3. The average molecular weight is 360 g/mol. The molecule has 0 radical (unpaired) electrons. The van der Waals surface area contributed by atoms with Gasteiger partial charge >= 0.3 is 0 Å². The molecule has 0 N–H and O–H groups in total. The zero-order valence-corrected chi connectivity index (χ0v) is 15.3. The number of benzene rings is 3. The molecule has 27 heavy (non-hydrogen) atoms. The summed E-state index contributed by atoms with van der Waals surface area (Å²) in [6.07, 6.45) is 0.157. The molecule has 0 saturated carbocycles. The molecule has 0 aromatic heterocycles. The molecule has 0 heterocycles. The zero-order valence-electron chi connectivity index (χ0n) is 15.3. The van der Waals surface area contributed by atoms with Crippen LogP contribution in [-0.2, 0) is 6.42 Å². The number of ether oxygens (including phenoxy) is 2. The van der Waals surface area contributed by atoms with E-state index < -0.39 is 0 Å². The molecule has 0 aliphatic heterocycles. The summed E-state index contributed by atoms with van der Waals surface area (Å²) in [6.45, 7) is 0. The molecular formula is C23H20O4. The molecule has 0 aliphatic rings. The highest BCUT2D eigenvalue weighted by Gasteiger charge is 2.16. The Morgan fingerprint density at radius 1 is 0.704 bits per heavy atom. The molecule has 0 spiro atoms. The van der Waals surface area contributed by atoms with Gasteiger partial charge in [-0.05, 0) is 54.1 Å². The molecule has 3 rings (SSSR count). The number of carbonyl (C=O) groups excluding carboxylic acids is 2. The Hall–Kier alpha value is -3.40. The topological polar surface area (TPSA) is 52.6 Å². The van der Waals surface area contributed by atoms with Crippen molar-refractivity contribution >= 4 is 11.6 Å². The predicted molar refractivity (Wildman–Crippen MR) is 104 cm³/mol. The molecule has 0 amide bonds. The van der Waals surface area contributed by atoms with Crippen LogP contribution in [0.2, 0.25) is 0 Å². The van der Waals surface area contributed by atoms with Crippen molar-refractivity contribution in [3.63, 3.8) is 0 Å². The van der Waals surface area contributed by atoms with E-state index in [-0.39, 0.29) is 18.0 Å². The molecule has 0 fully saturated rings. The molecule has 0 unspecified atom stereocenters. The first kappa shape index (κ1) is 18.4. The fourth-order valence-corrected chi connectivity index (χ4v) is 2.85. The Kier molecular flexibility index (Phi) is 5.67. The van der Waals surface area contributed by atoms with E-state index >= 15 is 0 Å². The standard InChI is InChI=1S/C23H20O4/c1-26-19-11-7-16(8-12-19)22(24)15-18-5-3-4-6-21(18)23(25)17-9-13-20(27-2)14-10-17/h3-14H,15H2,1-2H3. The number of hydrogen-bond donors (Lipinski definition) is 0. The first-order valence-electron chi connectivity index (χ1n) is 8.56. The molecule has 0 saturated heterocycles. The van der Waals surface area contributed by atoms with Crippen LogP contribution in [0.25, 0.3) is 0 Å². The monoisotopic (exact) mass is 360 g/mol. The second-order valence-corrected chi connectivity index (χ2v) is 6.04. The van der Waals surface area contributed by atoms with Crippen LogP contribution in [0.3, 0.4) is 0 Å². The molecule has 136 valence electrons. The van der Waals surface area contributed by atoms with Gasteiger partial charge in [0, 0.05) is 23.1 Å². The minimum absolute atomic E-state index is 0.0485. The predicted octanol–water partition coefficient (Wildman–Crippen LogP) is 4.36. The smallest absolute Gasteiger partial charge is 0.193 e. The summed E-state index contributed by atoms with van der Waals surface area (Å²) in [5.74, 6) is 1.22. The first-order valence-corrected chi connectivity index (χ1v) is 8.56. The third-order valence-corrected chi connectivity index (χ3v) is 4.38. The number of methoxy groups -OCH3 is 2. The lowest BCUT2D eigenvalue weighted by molar-refractivity contribution is 0.0992. The van der Waals surface area contributed by atoms with Crippen LogP contribution in [0.1, 0.15) is 31.8 Å². The number of rotatable bonds is 7. The van der Waals surface area contributed by atoms with E-state index in [1.807, 2.05) is 12.1 Å². The summed E-state index contributed by atoms with van der Waals surface area (Å²) in [4.78, 5) is 25.5. The summed E-state index contributed by atoms with van der Waals surface area (Å²) in [5.41, 5.74) is 2.38. The van der Waals surface area contributed by atoms with Crippen LogP contribution < -0.4 is 9.47 Å². The molecule has 0 bridgehead atoms. The van der Waals surface area contributed by atoms with Crippen molar-refractivity contribution in [3.8, 4) is 11.5 Å². The van der Waals surface area contributed by atoms with Crippen molar-refractivity contribution in [2.24, 2.45) is 0 Å². The Morgan fingerprint density at radius 2 is 1.22 bits per heavy atom. The highest BCUT2D eigenvalue weighted by Crippen LogP contribution is 2.20. The van der Waals surface area contributed by atoms with Crippen molar-refractivity contribution in [1.29, 1.82) is 0 Å². The maximum Gasteiger partial charge on any atom is 0.193 e. The lowest BCUT2D eigenvalue weighted by Gasteiger charge is -2.09. The fourth-order valence-electron chi connectivity index (χ4n) is 2.85. The molecule has 4 heteroatoms. The van der Waals surface area contributed by atoms with Crippen LogP contribution in [0.15, 0.2) is 72.8 Å². The van der Waals surface area contributed by atoms with Gasteiger partial charge < -0.3 is 9.47 Å². The highest BCUT2D eigenvalue weighted by atomic mass is 16.5. The second-order valence-electron chi connectivity index (χ2n) is 6.04. The van der Waals surface area contributed by atoms with E-state index in [1.54, 1.807) is 74.9 Å². The van der Waals surface area contributed by atoms with Gasteiger partial charge in [0.15, 0.2) is 11.6 Å². The van der Waals surface area contributed by atoms with E-state index in [0.29, 0.717) is 33.8 Å². The van der Waals surface area contributed by atoms with Crippen LogP contribution in [0.5, 0.6) is 11.5 Å². The van der Waals surface area contributed by atoms with Gasteiger partial charge in [0.1, 0.15) is 11.5 Å². The lowest BCUT2D eigenvalue weighted by atomic mass is 9.94. The molecular weight excluding hydrogens is 340 g/mol. The SMILES string of the molecule is COc1ccc(C(=O)Cc2ccccc2C(=O)c2ccc(OC)cc2)cc1. The lowest BCUT2D eigenvalue weighted by Crippen LogP contribution is -2.10. The fraction of sp³-hybridized carbons (Fsp3) is 0.130. The van der Waals surface area contributed by atoms with Gasteiger partial charge in [-0.1, -0.05) is 24.3 Å². The number of Topliss-reactive ketones (excluding diaryl/α,β-unsaturated/α-hetero) is 1. The molecule has 0 aliphatic carbocycles. The maximum absolute atomic E-state index is 12.9. The second kappa shape index (κ2) is 8.32.